The number of carbonyl (C=O) groups is 2. The summed E-state index contributed by atoms with van der Waals surface area (Å²) in [6, 6.07) is 15.1. The van der Waals surface area contributed by atoms with Crippen LogP contribution in [0.2, 0.25) is 0 Å². The Morgan fingerprint density at radius 2 is 1.80 bits per heavy atom. The van der Waals surface area contributed by atoms with Crippen molar-refractivity contribution >= 4 is 11.7 Å². The van der Waals surface area contributed by atoms with E-state index >= 15 is 0 Å². The van der Waals surface area contributed by atoms with E-state index in [1.165, 1.54) is 0 Å². The molecule has 2 aromatic rings. The molecule has 4 heteroatoms. The van der Waals surface area contributed by atoms with Crippen LogP contribution in [0.25, 0.3) is 0 Å². The number of benzene rings is 2. The molecular weight excluding hydrogens is 314 g/mol. The van der Waals surface area contributed by atoms with Crippen LogP contribution in [0.3, 0.4) is 0 Å². The topological polar surface area (TPSA) is 46.6 Å². The molecule has 0 aromatic heterocycles. The van der Waals surface area contributed by atoms with Crippen LogP contribution < -0.4 is 4.74 Å². The molecule has 0 saturated carbocycles. The minimum absolute atomic E-state index is 0.0496. The van der Waals surface area contributed by atoms with E-state index < -0.39 is 5.60 Å². The third-order valence-corrected chi connectivity index (χ3v) is 5.23. The first kappa shape index (κ1) is 15.9. The number of hydrogen-bond donors (Lipinski definition) is 0. The molecule has 1 spiro atoms. The lowest BCUT2D eigenvalue weighted by Crippen LogP contribution is -2.52. The maximum Gasteiger partial charge on any atom is 0.253 e. The van der Waals surface area contributed by atoms with E-state index in [4.69, 9.17) is 4.74 Å². The fourth-order valence-electron chi connectivity index (χ4n) is 3.77. The first-order chi connectivity index (χ1) is 12.1. The highest BCUT2D eigenvalue weighted by atomic mass is 16.5. The fourth-order valence-corrected chi connectivity index (χ4v) is 3.77. The summed E-state index contributed by atoms with van der Waals surface area (Å²) in [6.07, 6.45) is 1.77. The standard InChI is InChI=1S/C21H21NO3/c1-15-7-8-19-17(13-15)18(23)14-21(25-19)9-11-22(12-10-21)20(24)16-5-3-2-4-6-16/h2-8,13H,9-12,14H2,1H3. The quantitative estimate of drug-likeness (QED) is 0.799. The van der Waals surface area contributed by atoms with Gasteiger partial charge in [0.15, 0.2) is 5.78 Å². The Kier molecular flexibility index (Phi) is 3.83. The van der Waals surface area contributed by atoms with Gasteiger partial charge < -0.3 is 9.64 Å². The van der Waals surface area contributed by atoms with Crippen LogP contribution in [0.5, 0.6) is 5.75 Å². The SMILES string of the molecule is Cc1ccc2c(c1)C(=O)CC1(CCN(C(=O)c3ccccc3)CC1)O2. The van der Waals surface area contributed by atoms with Gasteiger partial charge in [-0.1, -0.05) is 29.8 Å². The Labute approximate surface area is 147 Å². The summed E-state index contributed by atoms with van der Waals surface area (Å²) in [7, 11) is 0. The largest absolute Gasteiger partial charge is 0.486 e. The maximum absolute atomic E-state index is 12.6. The molecule has 0 radical (unpaired) electrons. The summed E-state index contributed by atoms with van der Waals surface area (Å²) in [4.78, 5) is 27.0. The number of nitrogens with zero attached hydrogens (tertiary/aromatic N) is 1. The van der Waals surface area contributed by atoms with Crippen LogP contribution in [0.4, 0.5) is 0 Å². The number of aryl methyl sites for hydroxylation is 1. The Morgan fingerprint density at radius 3 is 2.52 bits per heavy atom. The Balaban J connectivity index is 1.49. The number of rotatable bonds is 1. The summed E-state index contributed by atoms with van der Waals surface area (Å²) in [5.74, 6) is 0.881. The van der Waals surface area contributed by atoms with Gasteiger partial charge in [0.2, 0.25) is 0 Å². The van der Waals surface area contributed by atoms with Gasteiger partial charge in [-0.05, 0) is 31.2 Å². The predicted molar refractivity (Wildman–Crippen MR) is 95.1 cm³/mol. The van der Waals surface area contributed by atoms with Crippen molar-refractivity contribution in [2.24, 2.45) is 0 Å². The molecule has 4 rings (SSSR count). The second kappa shape index (κ2) is 6.03. The smallest absolute Gasteiger partial charge is 0.253 e. The Bertz CT molecular complexity index is 820. The monoisotopic (exact) mass is 335 g/mol. The average Bonchev–Trinajstić information content (AvgIpc) is 2.63. The number of hydrogen-bond acceptors (Lipinski definition) is 3. The number of carbonyl (C=O) groups excluding carboxylic acids is 2. The third kappa shape index (κ3) is 2.93. The predicted octanol–water partition coefficient (Wildman–Crippen LogP) is 3.64. The highest BCUT2D eigenvalue weighted by Gasteiger charge is 2.43. The van der Waals surface area contributed by atoms with Gasteiger partial charge in [0.25, 0.3) is 5.91 Å². The van der Waals surface area contributed by atoms with Gasteiger partial charge in [0, 0.05) is 31.5 Å². The number of fused-ring (bicyclic) bond motifs is 1. The lowest BCUT2D eigenvalue weighted by atomic mass is 9.82. The van der Waals surface area contributed by atoms with Crippen LogP contribution in [0, 0.1) is 6.92 Å². The van der Waals surface area contributed by atoms with E-state index in [2.05, 4.69) is 0 Å². The van der Waals surface area contributed by atoms with E-state index in [-0.39, 0.29) is 11.7 Å². The molecular formula is C21H21NO3. The molecule has 2 aromatic carbocycles. The van der Waals surface area contributed by atoms with Crippen LogP contribution in [0.15, 0.2) is 48.5 Å². The van der Waals surface area contributed by atoms with Gasteiger partial charge in [-0.25, -0.2) is 0 Å². The van der Waals surface area contributed by atoms with Gasteiger partial charge in [-0.3, -0.25) is 9.59 Å². The highest BCUT2D eigenvalue weighted by molar-refractivity contribution is 6.00. The van der Waals surface area contributed by atoms with Gasteiger partial charge in [0.1, 0.15) is 11.4 Å². The number of ether oxygens (including phenoxy) is 1. The zero-order chi connectivity index (χ0) is 17.4. The summed E-state index contributed by atoms with van der Waals surface area (Å²) < 4.78 is 6.26. The molecule has 2 heterocycles. The van der Waals surface area contributed by atoms with Crippen molar-refractivity contribution < 1.29 is 14.3 Å². The van der Waals surface area contributed by atoms with E-state index in [0.29, 0.717) is 49.2 Å². The molecule has 1 amide bonds. The molecule has 1 fully saturated rings. The van der Waals surface area contributed by atoms with Crippen molar-refractivity contribution in [2.45, 2.75) is 31.8 Å². The second-order valence-electron chi connectivity index (χ2n) is 7.04. The Morgan fingerprint density at radius 1 is 1.08 bits per heavy atom. The molecule has 2 aliphatic rings. The molecule has 0 aliphatic carbocycles. The van der Waals surface area contributed by atoms with Gasteiger partial charge in [-0.2, -0.15) is 0 Å². The zero-order valence-corrected chi connectivity index (χ0v) is 14.3. The van der Waals surface area contributed by atoms with E-state index in [0.717, 1.165) is 5.56 Å². The van der Waals surface area contributed by atoms with Crippen molar-refractivity contribution in [1.82, 2.24) is 4.90 Å². The van der Waals surface area contributed by atoms with Crippen LogP contribution >= 0.6 is 0 Å². The number of likely N-dealkylation sites (tertiary alicyclic amines) is 1. The van der Waals surface area contributed by atoms with E-state index in [9.17, 15) is 9.59 Å². The van der Waals surface area contributed by atoms with Crippen molar-refractivity contribution in [3.8, 4) is 5.75 Å². The molecule has 0 atom stereocenters. The first-order valence-corrected chi connectivity index (χ1v) is 8.74. The van der Waals surface area contributed by atoms with Crippen molar-refractivity contribution in [2.75, 3.05) is 13.1 Å². The molecule has 0 bridgehead atoms. The number of ketones is 1. The first-order valence-electron chi connectivity index (χ1n) is 8.74. The number of piperidine rings is 1. The molecule has 2 aliphatic heterocycles. The molecule has 4 nitrogen and oxygen atoms in total. The minimum Gasteiger partial charge on any atom is -0.486 e. The van der Waals surface area contributed by atoms with Crippen LogP contribution in [0.1, 0.15) is 45.5 Å². The van der Waals surface area contributed by atoms with Gasteiger partial charge in [-0.15, -0.1) is 0 Å². The van der Waals surface area contributed by atoms with Crippen molar-refractivity contribution in [1.29, 1.82) is 0 Å². The molecule has 0 N–H and O–H groups in total. The van der Waals surface area contributed by atoms with Gasteiger partial charge in [0.05, 0.1) is 12.0 Å². The highest BCUT2D eigenvalue weighted by Crippen LogP contribution is 2.39. The summed E-state index contributed by atoms with van der Waals surface area (Å²) in [5, 5.41) is 0. The summed E-state index contributed by atoms with van der Waals surface area (Å²) in [5.41, 5.74) is 2.00. The van der Waals surface area contributed by atoms with Crippen molar-refractivity contribution in [3.63, 3.8) is 0 Å². The minimum atomic E-state index is -0.465. The number of amides is 1. The lowest BCUT2D eigenvalue weighted by Gasteiger charge is -2.44. The van der Waals surface area contributed by atoms with E-state index in [1.807, 2.05) is 60.4 Å². The third-order valence-electron chi connectivity index (χ3n) is 5.23. The number of Topliss-reactive ketones (excluding diaryl/α,β-unsaturated/α-hetero) is 1. The van der Waals surface area contributed by atoms with E-state index in [1.54, 1.807) is 0 Å². The van der Waals surface area contributed by atoms with Crippen molar-refractivity contribution in [3.05, 3.63) is 65.2 Å². The van der Waals surface area contributed by atoms with Crippen LogP contribution in [-0.4, -0.2) is 35.3 Å². The maximum atomic E-state index is 12.6. The summed E-state index contributed by atoms with van der Waals surface area (Å²) in [6.45, 7) is 3.20. The lowest BCUT2D eigenvalue weighted by molar-refractivity contribution is -0.00572. The normalized spacial score (nSPS) is 18.6. The van der Waals surface area contributed by atoms with Gasteiger partial charge >= 0.3 is 0 Å². The molecule has 128 valence electrons. The fraction of sp³-hybridized carbons (Fsp3) is 0.333. The molecule has 1 saturated heterocycles. The molecule has 0 unspecified atom stereocenters. The second-order valence-corrected chi connectivity index (χ2v) is 7.04. The Hall–Kier alpha value is -2.62. The zero-order valence-electron chi connectivity index (χ0n) is 14.3. The van der Waals surface area contributed by atoms with Crippen LogP contribution in [-0.2, 0) is 0 Å². The average molecular weight is 335 g/mol. The molecule has 25 heavy (non-hydrogen) atoms. The summed E-state index contributed by atoms with van der Waals surface area (Å²) >= 11 is 0.